The monoisotopic (exact) mass is 256 g/mol. The lowest BCUT2D eigenvalue weighted by Gasteiger charge is -2.02. The molecule has 6 nitrogen and oxygen atoms in total. The number of rotatable bonds is 3. The molecule has 96 valence electrons. The zero-order valence-electron chi connectivity index (χ0n) is 10.3. The molecular formula is C13H12N4O2. The van der Waals surface area contributed by atoms with Gasteiger partial charge in [-0.05, 0) is 25.1 Å². The highest BCUT2D eigenvalue weighted by Gasteiger charge is 2.12. The van der Waals surface area contributed by atoms with Gasteiger partial charge in [-0.1, -0.05) is 0 Å². The van der Waals surface area contributed by atoms with E-state index in [1.807, 2.05) is 18.3 Å². The fourth-order valence-electron chi connectivity index (χ4n) is 1.92. The van der Waals surface area contributed by atoms with Gasteiger partial charge < -0.3 is 9.72 Å². The summed E-state index contributed by atoms with van der Waals surface area (Å²) in [6, 6.07) is 5.40. The van der Waals surface area contributed by atoms with Crippen LogP contribution in [0, 0.1) is 0 Å². The smallest absolute Gasteiger partial charge is 0.358 e. The molecule has 0 aliphatic carbocycles. The Balaban J connectivity index is 2.03. The van der Waals surface area contributed by atoms with Gasteiger partial charge in [-0.3, -0.25) is 0 Å². The molecule has 0 amide bonds. The second-order valence-corrected chi connectivity index (χ2v) is 3.94. The Morgan fingerprint density at radius 3 is 3.16 bits per heavy atom. The number of aromatic nitrogens is 4. The predicted molar refractivity (Wildman–Crippen MR) is 69.2 cm³/mol. The Kier molecular flexibility index (Phi) is 2.75. The first-order valence-electron chi connectivity index (χ1n) is 5.95. The molecule has 0 fully saturated rings. The van der Waals surface area contributed by atoms with Gasteiger partial charge in [-0.2, -0.15) is 5.10 Å². The fourth-order valence-corrected chi connectivity index (χ4v) is 1.92. The molecule has 0 radical (unpaired) electrons. The summed E-state index contributed by atoms with van der Waals surface area (Å²) in [5.74, 6) is -0.416. The van der Waals surface area contributed by atoms with Crippen molar-refractivity contribution in [2.45, 2.75) is 6.92 Å². The third-order valence-electron chi connectivity index (χ3n) is 2.76. The van der Waals surface area contributed by atoms with E-state index in [-0.39, 0.29) is 0 Å². The quantitative estimate of drug-likeness (QED) is 0.727. The summed E-state index contributed by atoms with van der Waals surface area (Å²) in [5, 5.41) is 5.17. The number of esters is 1. The number of fused-ring (bicyclic) bond motifs is 1. The molecule has 0 spiro atoms. The molecule has 1 N–H and O–H groups in total. The van der Waals surface area contributed by atoms with Crippen LogP contribution in [0.2, 0.25) is 0 Å². The number of hydrogen-bond donors (Lipinski definition) is 1. The van der Waals surface area contributed by atoms with Crippen LogP contribution in [-0.2, 0) is 4.74 Å². The molecule has 0 aromatic carbocycles. The van der Waals surface area contributed by atoms with E-state index in [4.69, 9.17) is 4.74 Å². The second kappa shape index (κ2) is 4.56. The molecule has 0 unspecified atom stereocenters. The Labute approximate surface area is 109 Å². The van der Waals surface area contributed by atoms with Crippen LogP contribution >= 0.6 is 0 Å². The molecule has 3 heterocycles. The number of carbonyl (C=O) groups excluding carboxylic acids is 1. The highest BCUT2D eigenvalue weighted by molar-refractivity contribution is 5.88. The molecule has 6 heteroatoms. The van der Waals surface area contributed by atoms with Gasteiger partial charge in [0.25, 0.3) is 0 Å². The van der Waals surface area contributed by atoms with E-state index in [1.165, 1.54) is 0 Å². The minimum Gasteiger partial charge on any atom is -0.461 e. The highest BCUT2D eigenvalue weighted by atomic mass is 16.5. The van der Waals surface area contributed by atoms with Crippen molar-refractivity contribution in [1.82, 2.24) is 19.7 Å². The van der Waals surface area contributed by atoms with Crippen LogP contribution in [0.25, 0.3) is 16.7 Å². The topological polar surface area (TPSA) is 72.8 Å². The molecule has 3 aromatic rings. The van der Waals surface area contributed by atoms with Crippen molar-refractivity contribution in [2.24, 2.45) is 0 Å². The van der Waals surface area contributed by atoms with Crippen molar-refractivity contribution in [3.63, 3.8) is 0 Å². The third kappa shape index (κ3) is 1.97. The second-order valence-electron chi connectivity index (χ2n) is 3.94. The molecular weight excluding hydrogens is 244 g/mol. The average molecular weight is 256 g/mol. The lowest BCUT2D eigenvalue weighted by molar-refractivity contribution is 0.0519. The van der Waals surface area contributed by atoms with Gasteiger partial charge in [-0.15, -0.1) is 0 Å². The van der Waals surface area contributed by atoms with Gasteiger partial charge in [0.2, 0.25) is 0 Å². The highest BCUT2D eigenvalue weighted by Crippen LogP contribution is 2.19. The average Bonchev–Trinajstić information content (AvgIpc) is 3.07. The maximum absolute atomic E-state index is 11.6. The maximum atomic E-state index is 11.6. The lowest BCUT2D eigenvalue weighted by atomic mass is 10.3. The Morgan fingerprint density at radius 2 is 2.32 bits per heavy atom. The Bertz CT molecular complexity index is 729. The Morgan fingerprint density at radius 1 is 1.42 bits per heavy atom. The van der Waals surface area contributed by atoms with E-state index in [0.717, 1.165) is 16.7 Å². The summed E-state index contributed by atoms with van der Waals surface area (Å²) in [7, 11) is 0. The predicted octanol–water partition coefficient (Wildman–Crippen LogP) is 1.93. The summed E-state index contributed by atoms with van der Waals surface area (Å²) in [4.78, 5) is 18.8. The van der Waals surface area contributed by atoms with Gasteiger partial charge in [0.1, 0.15) is 5.65 Å². The number of pyridine rings is 1. The van der Waals surface area contributed by atoms with Crippen molar-refractivity contribution in [3.05, 3.63) is 42.5 Å². The zero-order valence-corrected chi connectivity index (χ0v) is 10.3. The Hall–Kier alpha value is -2.63. The third-order valence-corrected chi connectivity index (χ3v) is 2.76. The first kappa shape index (κ1) is 11.5. The van der Waals surface area contributed by atoms with Gasteiger partial charge in [0.15, 0.2) is 5.69 Å². The van der Waals surface area contributed by atoms with Gasteiger partial charge >= 0.3 is 5.97 Å². The lowest BCUT2D eigenvalue weighted by Crippen LogP contribution is -2.06. The van der Waals surface area contributed by atoms with Crippen LogP contribution < -0.4 is 0 Å². The van der Waals surface area contributed by atoms with Crippen molar-refractivity contribution in [2.75, 3.05) is 6.61 Å². The number of nitrogens with one attached hydrogen (secondary N) is 1. The number of hydrogen-bond acceptors (Lipinski definition) is 4. The van der Waals surface area contributed by atoms with Crippen molar-refractivity contribution in [3.8, 4) is 5.69 Å². The van der Waals surface area contributed by atoms with Gasteiger partial charge in [0, 0.05) is 24.0 Å². The van der Waals surface area contributed by atoms with E-state index in [2.05, 4.69) is 15.1 Å². The molecule has 0 aliphatic rings. The molecule has 0 atom stereocenters. The van der Waals surface area contributed by atoms with Crippen LogP contribution in [0.15, 0.2) is 36.8 Å². The van der Waals surface area contributed by atoms with Crippen LogP contribution in [0.3, 0.4) is 0 Å². The first-order chi connectivity index (χ1) is 9.29. The summed E-state index contributed by atoms with van der Waals surface area (Å²) < 4.78 is 6.56. The first-order valence-corrected chi connectivity index (χ1v) is 5.95. The minimum atomic E-state index is -0.416. The molecule has 0 saturated heterocycles. The van der Waals surface area contributed by atoms with Crippen LogP contribution in [0.1, 0.15) is 17.4 Å². The van der Waals surface area contributed by atoms with E-state index in [0.29, 0.717) is 12.3 Å². The van der Waals surface area contributed by atoms with E-state index in [1.54, 1.807) is 30.1 Å². The van der Waals surface area contributed by atoms with Crippen molar-refractivity contribution >= 4 is 17.0 Å². The summed E-state index contributed by atoms with van der Waals surface area (Å²) in [6.45, 7) is 2.10. The normalized spacial score (nSPS) is 10.8. The van der Waals surface area contributed by atoms with E-state index >= 15 is 0 Å². The molecule has 3 rings (SSSR count). The number of H-pyrrole nitrogens is 1. The molecule has 0 aliphatic heterocycles. The molecule has 0 bridgehead atoms. The van der Waals surface area contributed by atoms with Crippen molar-refractivity contribution in [1.29, 1.82) is 0 Å². The van der Waals surface area contributed by atoms with Gasteiger partial charge in [0.05, 0.1) is 12.3 Å². The number of carbonyl (C=O) groups is 1. The fraction of sp³-hybridized carbons (Fsp3) is 0.154. The molecule has 3 aromatic heterocycles. The van der Waals surface area contributed by atoms with E-state index < -0.39 is 5.97 Å². The summed E-state index contributed by atoms with van der Waals surface area (Å²) >= 11 is 0. The van der Waals surface area contributed by atoms with Gasteiger partial charge in [-0.25, -0.2) is 14.5 Å². The van der Waals surface area contributed by atoms with Crippen molar-refractivity contribution < 1.29 is 9.53 Å². The summed E-state index contributed by atoms with van der Waals surface area (Å²) in [5.41, 5.74) is 1.94. The SMILES string of the molecule is CCOC(=O)c1ccn(-c2ccnc3[nH]ccc23)n1. The van der Waals surface area contributed by atoms with Crippen LogP contribution in [-0.4, -0.2) is 32.3 Å². The number of ether oxygens (including phenoxy) is 1. The summed E-state index contributed by atoms with van der Waals surface area (Å²) in [6.07, 6.45) is 5.24. The number of nitrogens with zero attached hydrogens (tertiary/aromatic N) is 3. The minimum absolute atomic E-state index is 0.294. The standard InChI is InChI=1S/C13H12N4O2/c1-2-19-13(18)10-5-8-17(16-10)11-4-7-15-12-9(11)3-6-14-12/h3-8H,2H2,1H3,(H,14,15). The maximum Gasteiger partial charge on any atom is 0.358 e. The largest absolute Gasteiger partial charge is 0.461 e. The zero-order chi connectivity index (χ0) is 13.2. The molecule has 19 heavy (non-hydrogen) atoms. The van der Waals surface area contributed by atoms with Crippen LogP contribution in [0.5, 0.6) is 0 Å². The number of aromatic amines is 1. The van der Waals surface area contributed by atoms with E-state index in [9.17, 15) is 4.79 Å². The van der Waals surface area contributed by atoms with Crippen LogP contribution in [0.4, 0.5) is 0 Å². The molecule has 0 saturated carbocycles.